The quantitative estimate of drug-likeness (QED) is 0.756. The highest BCUT2D eigenvalue weighted by molar-refractivity contribution is 14.1. The van der Waals surface area contributed by atoms with E-state index < -0.39 is 15.9 Å². The number of benzene rings is 1. The number of carbonyl (C=O) groups excluding carboxylic acids is 1. The Kier molecular flexibility index (Phi) is 5.17. The van der Waals surface area contributed by atoms with Crippen molar-refractivity contribution in [3.63, 3.8) is 0 Å². The Balaban J connectivity index is 2.34. The third kappa shape index (κ3) is 4.51. The number of nitrogens with zero attached hydrogens (tertiary/aromatic N) is 1. The monoisotopic (exact) mass is 430 g/mol. The first-order valence-corrected chi connectivity index (χ1v) is 9.43. The van der Waals surface area contributed by atoms with Crippen LogP contribution in [0.2, 0.25) is 0 Å². The molecule has 1 aromatic heterocycles. The predicted octanol–water partition coefficient (Wildman–Crippen LogP) is 2.27. The van der Waals surface area contributed by atoms with Gasteiger partial charge in [0, 0.05) is 27.9 Å². The molecule has 1 amide bonds. The van der Waals surface area contributed by atoms with Crippen molar-refractivity contribution >= 4 is 38.5 Å². The molecule has 1 N–H and O–H groups in total. The van der Waals surface area contributed by atoms with Gasteiger partial charge in [0.1, 0.15) is 0 Å². The van der Waals surface area contributed by atoms with Crippen LogP contribution in [-0.4, -0.2) is 25.6 Å². The van der Waals surface area contributed by atoms with Crippen molar-refractivity contribution in [1.29, 1.82) is 0 Å². The highest BCUT2D eigenvalue weighted by Crippen LogP contribution is 2.18. The first-order chi connectivity index (χ1) is 10.3. The Morgan fingerprint density at radius 1 is 1.27 bits per heavy atom. The van der Waals surface area contributed by atoms with Crippen LogP contribution in [0.3, 0.4) is 0 Å². The van der Waals surface area contributed by atoms with Gasteiger partial charge in [0.25, 0.3) is 5.91 Å². The number of carbonyl (C=O) groups is 1. The lowest BCUT2D eigenvalue weighted by Crippen LogP contribution is -2.30. The van der Waals surface area contributed by atoms with E-state index in [-0.39, 0.29) is 0 Å². The number of hydrogen-bond acceptors (Lipinski definition) is 4. The van der Waals surface area contributed by atoms with Gasteiger partial charge >= 0.3 is 0 Å². The Bertz CT molecular complexity index is 819. The molecular formula is C15H15IN2O3S. The summed E-state index contributed by atoms with van der Waals surface area (Å²) >= 11 is 2.24. The molecule has 0 unspecified atom stereocenters. The summed E-state index contributed by atoms with van der Waals surface area (Å²) in [5.41, 5.74) is 3.19. The third-order valence-electron chi connectivity index (χ3n) is 3.11. The molecular weight excluding hydrogens is 415 g/mol. The van der Waals surface area contributed by atoms with Crippen LogP contribution in [0.5, 0.6) is 0 Å². The van der Waals surface area contributed by atoms with Crippen molar-refractivity contribution < 1.29 is 13.2 Å². The Morgan fingerprint density at radius 3 is 2.64 bits per heavy atom. The number of aryl methyl sites for hydroxylation is 1. The normalized spacial score (nSPS) is 11.2. The highest BCUT2D eigenvalue weighted by Gasteiger charge is 2.15. The number of pyridine rings is 1. The molecule has 0 saturated heterocycles. The fraction of sp³-hybridized carbons (Fsp3) is 0.200. The Morgan fingerprint density at radius 2 is 2.00 bits per heavy atom. The van der Waals surface area contributed by atoms with Crippen molar-refractivity contribution in [3.8, 4) is 0 Å². The standard InChI is InChI=1S/C15H15IN2O3S/c1-10-7-13(16)4-3-11(10)8-12-9-17-6-5-14(12)15(19)18-22(2,20)21/h3-7,9H,8H2,1-2H3,(H,18,19). The molecule has 1 heterocycles. The van der Waals surface area contributed by atoms with Crippen LogP contribution >= 0.6 is 22.6 Å². The van der Waals surface area contributed by atoms with Gasteiger partial charge in [-0.25, -0.2) is 13.1 Å². The maximum absolute atomic E-state index is 12.1. The zero-order valence-corrected chi connectivity index (χ0v) is 15.1. The summed E-state index contributed by atoms with van der Waals surface area (Å²) in [4.78, 5) is 16.1. The van der Waals surface area contributed by atoms with Gasteiger partial charge in [0.15, 0.2) is 0 Å². The molecule has 0 aliphatic carbocycles. The smallest absolute Gasteiger partial charge is 0.265 e. The average Bonchev–Trinajstić information content (AvgIpc) is 2.40. The minimum Gasteiger partial charge on any atom is -0.268 e. The summed E-state index contributed by atoms with van der Waals surface area (Å²) in [6, 6.07) is 7.58. The van der Waals surface area contributed by atoms with E-state index in [4.69, 9.17) is 0 Å². The van der Waals surface area contributed by atoms with Gasteiger partial charge in [-0.15, -0.1) is 0 Å². The van der Waals surface area contributed by atoms with Crippen LogP contribution in [0.4, 0.5) is 0 Å². The van der Waals surface area contributed by atoms with Gasteiger partial charge in [0.05, 0.1) is 6.26 Å². The summed E-state index contributed by atoms with van der Waals surface area (Å²) in [6.45, 7) is 2.00. The molecule has 7 heteroatoms. The van der Waals surface area contributed by atoms with Crippen LogP contribution in [0.1, 0.15) is 27.0 Å². The summed E-state index contributed by atoms with van der Waals surface area (Å²) in [6.07, 6.45) is 4.54. The van der Waals surface area contributed by atoms with Gasteiger partial charge in [-0.3, -0.25) is 9.78 Å². The molecule has 0 aliphatic heterocycles. The number of nitrogens with one attached hydrogen (secondary N) is 1. The first-order valence-electron chi connectivity index (χ1n) is 6.46. The van der Waals surface area contributed by atoms with E-state index in [9.17, 15) is 13.2 Å². The van der Waals surface area contributed by atoms with E-state index in [2.05, 4.69) is 33.6 Å². The summed E-state index contributed by atoms with van der Waals surface area (Å²) in [7, 11) is -3.60. The number of sulfonamides is 1. The number of rotatable bonds is 4. The largest absolute Gasteiger partial charge is 0.268 e. The predicted molar refractivity (Wildman–Crippen MR) is 93.2 cm³/mol. The molecule has 0 spiro atoms. The molecule has 0 aliphatic rings. The second-order valence-electron chi connectivity index (χ2n) is 4.98. The molecule has 1 aromatic carbocycles. The molecule has 0 bridgehead atoms. The number of hydrogen-bond donors (Lipinski definition) is 1. The average molecular weight is 430 g/mol. The van der Waals surface area contributed by atoms with Crippen LogP contribution in [0.15, 0.2) is 36.7 Å². The fourth-order valence-electron chi connectivity index (χ4n) is 2.08. The lowest BCUT2D eigenvalue weighted by molar-refractivity contribution is 0.0981. The zero-order chi connectivity index (χ0) is 16.3. The van der Waals surface area contributed by atoms with Crippen LogP contribution in [0, 0.1) is 10.5 Å². The maximum Gasteiger partial charge on any atom is 0.265 e. The number of halogens is 1. The van der Waals surface area contributed by atoms with Gasteiger partial charge in [-0.1, -0.05) is 6.07 Å². The van der Waals surface area contributed by atoms with E-state index in [0.717, 1.165) is 21.0 Å². The molecule has 0 fully saturated rings. The van der Waals surface area contributed by atoms with Crippen molar-refractivity contribution in [1.82, 2.24) is 9.71 Å². The lowest BCUT2D eigenvalue weighted by atomic mass is 9.98. The van der Waals surface area contributed by atoms with E-state index >= 15 is 0 Å². The third-order valence-corrected chi connectivity index (χ3v) is 4.34. The topological polar surface area (TPSA) is 76.1 Å². The lowest BCUT2D eigenvalue weighted by Gasteiger charge is -2.11. The van der Waals surface area contributed by atoms with Crippen molar-refractivity contribution in [2.75, 3.05) is 6.26 Å². The molecule has 2 aromatic rings. The molecule has 2 rings (SSSR count). The van der Waals surface area contributed by atoms with Gasteiger partial charge in [0.2, 0.25) is 10.0 Å². The highest BCUT2D eigenvalue weighted by atomic mass is 127. The molecule has 0 radical (unpaired) electrons. The molecule has 5 nitrogen and oxygen atoms in total. The van der Waals surface area contributed by atoms with Crippen LogP contribution < -0.4 is 4.72 Å². The first kappa shape index (κ1) is 16.9. The fourth-order valence-corrected chi connectivity index (χ4v) is 3.17. The molecule has 116 valence electrons. The van der Waals surface area contributed by atoms with Crippen molar-refractivity contribution in [2.24, 2.45) is 0 Å². The van der Waals surface area contributed by atoms with E-state index in [1.807, 2.05) is 23.8 Å². The SMILES string of the molecule is Cc1cc(I)ccc1Cc1cnccc1C(=O)NS(C)(=O)=O. The Hall–Kier alpha value is -1.48. The minimum absolute atomic E-state index is 0.318. The summed E-state index contributed by atoms with van der Waals surface area (Å²) in [5, 5.41) is 0. The summed E-state index contributed by atoms with van der Waals surface area (Å²) < 4.78 is 25.6. The summed E-state index contributed by atoms with van der Waals surface area (Å²) in [5.74, 6) is -0.636. The van der Waals surface area contributed by atoms with Gasteiger partial charge in [-0.05, 0) is 64.4 Å². The van der Waals surface area contributed by atoms with Crippen molar-refractivity contribution in [3.05, 3.63) is 62.5 Å². The van der Waals surface area contributed by atoms with E-state index in [1.54, 1.807) is 6.20 Å². The Labute approximate surface area is 143 Å². The maximum atomic E-state index is 12.1. The van der Waals surface area contributed by atoms with E-state index in [0.29, 0.717) is 17.5 Å². The molecule has 0 atom stereocenters. The molecule has 0 saturated carbocycles. The van der Waals surface area contributed by atoms with E-state index in [1.165, 1.54) is 12.3 Å². The van der Waals surface area contributed by atoms with Crippen LogP contribution in [0.25, 0.3) is 0 Å². The van der Waals surface area contributed by atoms with Gasteiger partial charge < -0.3 is 0 Å². The van der Waals surface area contributed by atoms with Crippen molar-refractivity contribution in [2.45, 2.75) is 13.3 Å². The second-order valence-corrected chi connectivity index (χ2v) is 7.98. The second kappa shape index (κ2) is 6.74. The number of aromatic nitrogens is 1. The molecule has 22 heavy (non-hydrogen) atoms. The van der Waals surface area contributed by atoms with Crippen LogP contribution in [-0.2, 0) is 16.4 Å². The zero-order valence-electron chi connectivity index (χ0n) is 12.1. The van der Waals surface area contributed by atoms with Gasteiger partial charge in [-0.2, -0.15) is 0 Å². The number of amides is 1. The minimum atomic E-state index is -3.60.